The number of aryl methyl sites for hydroxylation is 2. The van der Waals surface area contributed by atoms with E-state index in [0.29, 0.717) is 22.3 Å². The maximum absolute atomic E-state index is 10.9. The molecule has 1 aromatic carbocycles. The first kappa shape index (κ1) is 13.1. The molecule has 0 aromatic heterocycles. The number of rotatable bonds is 3. The second-order valence-electron chi connectivity index (χ2n) is 3.97. The van der Waals surface area contributed by atoms with E-state index in [2.05, 4.69) is 0 Å². The van der Waals surface area contributed by atoms with Crippen LogP contribution < -0.4 is 5.73 Å². The predicted octanol–water partition coefficient (Wildman–Crippen LogP) is 1.60. The smallest absolute Gasteiger partial charge is 0.325 e. The highest BCUT2D eigenvalue weighted by atomic mass is 16.6. The van der Waals surface area contributed by atoms with Crippen LogP contribution in [0, 0.1) is 30.9 Å². The third-order valence-corrected chi connectivity index (χ3v) is 2.75. The van der Waals surface area contributed by atoms with Gasteiger partial charge < -0.3 is 10.8 Å². The van der Waals surface area contributed by atoms with Crippen molar-refractivity contribution in [3.8, 4) is 0 Å². The first-order valence-electron chi connectivity index (χ1n) is 5.00. The topological polar surface area (TPSA) is 106 Å². The summed E-state index contributed by atoms with van der Waals surface area (Å²) in [6.07, 6.45) is 0. The Bertz CT molecular complexity index is 497. The van der Waals surface area contributed by atoms with E-state index in [9.17, 15) is 14.9 Å². The van der Waals surface area contributed by atoms with E-state index in [4.69, 9.17) is 10.8 Å². The molecule has 0 aliphatic carbocycles. The number of aliphatic carboxylic acids is 1. The molecule has 0 saturated heterocycles. The van der Waals surface area contributed by atoms with E-state index < -0.39 is 16.9 Å². The summed E-state index contributed by atoms with van der Waals surface area (Å²) >= 11 is 0. The van der Waals surface area contributed by atoms with Crippen molar-refractivity contribution < 1.29 is 14.8 Å². The number of nitrogens with two attached hydrogens (primary N) is 1. The Morgan fingerprint density at radius 2 is 1.94 bits per heavy atom. The van der Waals surface area contributed by atoms with Crippen molar-refractivity contribution in [3.05, 3.63) is 38.4 Å². The summed E-state index contributed by atoms with van der Waals surface area (Å²) in [7, 11) is 0. The van der Waals surface area contributed by atoms with Gasteiger partial charge in [-0.3, -0.25) is 14.9 Å². The Morgan fingerprint density at radius 3 is 2.35 bits per heavy atom. The highest BCUT2D eigenvalue weighted by molar-refractivity contribution is 5.77. The van der Waals surface area contributed by atoms with Crippen LogP contribution in [0.4, 0.5) is 5.69 Å². The maximum Gasteiger partial charge on any atom is 0.325 e. The van der Waals surface area contributed by atoms with Crippen LogP contribution in [-0.4, -0.2) is 16.0 Å². The predicted molar refractivity (Wildman–Crippen MR) is 61.9 cm³/mol. The van der Waals surface area contributed by atoms with E-state index >= 15 is 0 Å². The van der Waals surface area contributed by atoms with Crippen molar-refractivity contribution >= 4 is 11.7 Å². The zero-order valence-corrected chi connectivity index (χ0v) is 9.85. The molecule has 0 bridgehead atoms. The van der Waals surface area contributed by atoms with Gasteiger partial charge in [0.1, 0.15) is 6.04 Å². The summed E-state index contributed by atoms with van der Waals surface area (Å²) in [6, 6.07) is 0.345. The number of carboxylic acids is 1. The number of benzene rings is 1. The zero-order chi connectivity index (χ0) is 13.3. The third-order valence-electron chi connectivity index (χ3n) is 2.75. The molecule has 6 heteroatoms. The van der Waals surface area contributed by atoms with Gasteiger partial charge in [0.25, 0.3) is 5.69 Å². The fourth-order valence-electron chi connectivity index (χ4n) is 2.07. The molecule has 0 aliphatic heterocycles. The number of carboxylic acid groups (broad SMARTS) is 1. The van der Waals surface area contributed by atoms with Crippen LogP contribution in [0.5, 0.6) is 0 Å². The summed E-state index contributed by atoms with van der Waals surface area (Å²) in [5.74, 6) is -1.20. The minimum absolute atomic E-state index is 0.0673. The molecule has 1 rings (SSSR count). The summed E-state index contributed by atoms with van der Waals surface area (Å²) in [5.41, 5.74) is 7.26. The Morgan fingerprint density at radius 1 is 1.41 bits per heavy atom. The molecular formula is C11H14N2O4. The van der Waals surface area contributed by atoms with Crippen LogP contribution >= 0.6 is 0 Å². The number of carbonyl (C=O) groups is 1. The molecule has 0 amide bonds. The van der Waals surface area contributed by atoms with Crippen molar-refractivity contribution in [3.63, 3.8) is 0 Å². The molecule has 0 aliphatic rings. The van der Waals surface area contributed by atoms with E-state index in [0.717, 1.165) is 0 Å². The van der Waals surface area contributed by atoms with Crippen LogP contribution in [0.25, 0.3) is 0 Å². The zero-order valence-electron chi connectivity index (χ0n) is 9.85. The van der Waals surface area contributed by atoms with Crippen molar-refractivity contribution in [2.45, 2.75) is 26.8 Å². The molecule has 3 N–H and O–H groups in total. The molecule has 0 radical (unpaired) electrons. The second-order valence-corrected chi connectivity index (χ2v) is 3.97. The molecule has 92 valence electrons. The minimum atomic E-state index is -1.24. The van der Waals surface area contributed by atoms with Crippen molar-refractivity contribution in [2.24, 2.45) is 5.73 Å². The van der Waals surface area contributed by atoms with Gasteiger partial charge in [0.2, 0.25) is 0 Å². The number of nitrogens with zero attached hydrogens (tertiary/aromatic N) is 1. The molecule has 0 fully saturated rings. The van der Waals surface area contributed by atoms with Gasteiger partial charge in [-0.2, -0.15) is 0 Å². The number of hydrogen-bond acceptors (Lipinski definition) is 4. The lowest BCUT2D eigenvalue weighted by molar-refractivity contribution is -0.386. The highest BCUT2D eigenvalue weighted by Gasteiger charge is 2.26. The van der Waals surface area contributed by atoms with Crippen LogP contribution in [-0.2, 0) is 4.79 Å². The minimum Gasteiger partial charge on any atom is -0.480 e. The van der Waals surface area contributed by atoms with Gasteiger partial charge >= 0.3 is 5.97 Å². The molecule has 0 heterocycles. The molecule has 0 spiro atoms. The van der Waals surface area contributed by atoms with Gasteiger partial charge in [-0.05, 0) is 38.0 Å². The molecule has 6 nitrogen and oxygen atoms in total. The fraction of sp³-hybridized carbons (Fsp3) is 0.364. The van der Waals surface area contributed by atoms with E-state index in [1.165, 1.54) is 6.92 Å². The lowest BCUT2D eigenvalue weighted by Gasteiger charge is -2.15. The second kappa shape index (κ2) is 4.50. The Kier molecular flexibility index (Phi) is 3.47. The normalized spacial score (nSPS) is 12.2. The van der Waals surface area contributed by atoms with Gasteiger partial charge in [0.15, 0.2) is 0 Å². The average molecular weight is 238 g/mol. The SMILES string of the molecule is Cc1cc(C)c([N+](=O)[O-])c(C)c1[C@H](N)C(=O)O. The van der Waals surface area contributed by atoms with Gasteiger partial charge in [-0.25, -0.2) is 0 Å². The molecule has 0 saturated carbocycles. The van der Waals surface area contributed by atoms with Crippen molar-refractivity contribution in [1.29, 1.82) is 0 Å². The summed E-state index contributed by atoms with van der Waals surface area (Å²) in [6.45, 7) is 4.84. The Labute approximate surface area is 98.2 Å². The van der Waals surface area contributed by atoms with E-state index in [1.54, 1.807) is 19.9 Å². The molecular weight excluding hydrogens is 224 g/mol. The number of nitro benzene ring substituents is 1. The Hall–Kier alpha value is -1.95. The summed E-state index contributed by atoms with van der Waals surface area (Å²) < 4.78 is 0. The van der Waals surface area contributed by atoms with E-state index in [1.807, 2.05) is 0 Å². The lowest BCUT2D eigenvalue weighted by Crippen LogP contribution is -2.23. The molecule has 1 atom stereocenters. The standard InChI is InChI=1S/C11H14N2O4/c1-5-4-6(2)10(13(16)17)7(3)8(5)9(12)11(14)15/h4,9H,12H2,1-3H3,(H,14,15)/t9-/m0/s1. The monoisotopic (exact) mass is 238 g/mol. The van der Waals surface area contributed by atoms with Crippen LogP contribution in [0.15, 0.2) is 6.07 Å². The van der Waals surface area contributed by atoms with Crippen molar-refractivity contribution in [2.75, 3.05) is 0 Å². The molecule has 0 unspecified atom stereocenters. The fourth-order valence-corrected chi connectivity index (χ4v) is 2.07. The quantitative estimate of drug-likeness (QED) is 0.614. The highest BCUT2D eigenvalue weighted by Crippen LogP contribution is 2.31. The molecule has 1 aromatic rings. The first-order valence-corrected chi connectivity index (χ1v) is 5.00. The molecule has 17 heavy (non-hydrogen) atoms. The number of nitro groups is 1. The lowest BCUT2D eigenvalue weighted by atomic mass is 9.92. The first-order chi connectivity index (χ1) is 7.77. The third kappa shape index (κ3) is 2.26. The largest absolute Gasteiger partial charge is 0.480 e. The average Bonchev–Trinajstić information content (AvgIpc) is 2.15. The van der Waals surface area contributed by atoms with Crippen LogP contribution in [0.2, 0.25) is 0 Å². The van der Waals surface area contributed by atoms with Gasteiger partial charge in [-0.1, -0.05) is 0 Å². The van der Waals surface area contributed by atoms with Crippen LogP contribution in [0.1, 0.15) is 28.3 Å². The summed E-state index contributed by atoms with van der Waals surface area (Å²) in [4.78, 5) is 21.3. The van der Waals surface area contributed by atoms with E-state index in [-0.39, 0.29) is 5.69 Å². The maximum atomic E-state index is 10.9. The summed E-state index contributed by atoms with van der Waals surface area (Å²) in [5, 5.41) is 19.8. The van der Waals surface area contributed by atoms with Gasteiger partial charge in [-0.15, -0.1) is 0 Å². The number of hydrogen-bond donors (Lipinski definition) is 2. The van der Waals surface area contributed by atoms with Crippen LogP contribution in [0.3, 0.4) is 0 Å². The van der Waals surface area contributed by atoms with Gasteiger partial charge in [0, 0.05) is 11.1 Å². The van der Waals surface area contributed by atoms with Gasteiger partial charge in [0.05, 0.1) is 4.92 Å². The van der Waals surface area contributed by atoms with Crippen molar-refractivity contribution in [1.82, 2.24) is 0 Å². The Balaban J connectivity index is 3.57.